The summed E-state index contributed by atoms with van der Waals surface area (Å²) in [5.41, 5.74) is 0.820. The Kier molecular flexibility index (Phi) is 3.23. The second-order valence-corrected chi connectivity index (χ2v) is 6.73. The monoisotopic (exact) mass is 351 g/mol. The topological polar surface area (TPSA) is 63.5 Å². The van der Waals surface area contributed by atoms with Gasteiger partial charge in [0.1, 0.15) is 0 Å². The Morgan fingerprint density at radius 2 is 1.85 bits per heavy atom. The van der Waals surface area contributed by atoms with E-state index in [0.717, 1.165) is 9.99 Å². The van der Waals surface area contributed by atoms with Gasteiger partial charge in [0.2, 0.25) is 5.95 Å². The number of imidazole rings is 1. The van der Waals surface area contributed by atoms with Gasteiger partial charge in [-0.25, -0.2) is 18.1 Å². The van der Waals surface area contributed by atoms with Crippen LogP contribution in [0.2, 0.25) is 0 Å². The van der Waals surface area contributed by atoms with Crippen molar-refractivity contribution in [2.45, 2.75) is 4.90 Å². The second kappa shape index (κ2) is 4.92. The number of hydrogen-bond donors (Lipinski definition) is 1. The lowest BCUT2D eigenvalue weighted by atomic mass is 10.4. The number of benzene rings is 1. The number of rotatable bonds is 3. The van der Waals surface area contributed by atoms with E-state index < -0.39 is 10.0 Å². The lowest BCUT2D eigenvalue weighted by molar-refractivity contribution is 0.600. The van der Waals surface area contributed by atoms with Crippen LogP contribution in [-0.4, -0.2) is 17.8 Å². The van der Waals surface area contributed by atoms with Crippen LogP contribution in [0.5, 0.6) is 0 Å². The van der Waals surface area contributed by atoms with Crippen LogP contribution < -0.4 is 4.72 Å². The van der Waals surface area contributed by atoms with Gasteiger partial charge in [0.05, 0.1) is 16.6 Å². The number of sulfonamides is 1. The van der Waals surface area contributed by atoms with Gasteiger partial charge >= 0.3 is 0 Å². The number of anilines is 1. The molecular formula is C13H10BrN3O2S. The summed E-state index contributed by atoms with van der Waals surface area (Å²) in [6.45, 7) is 0. The molecule has 20 heavy (non-hydrogen) atoms. The fourth-order valence-electron chi connectivity index (χ4n) is 1.81. The Morgan fingerprint density at radius 1 is 1.10 bits per heavy atom. The predicted octanol–water partition coefficient (Wildman–Crippen LogP) is 2.90. The Balaban J connectivity index is 1.99. The summed E-state index contributed by atoms with van der Waals surface area (Å²) < 4.78 is 29.5. The van der Waals surface area contributed by atoms with E-state index in [1.165, 1.54) is 12.1 Å². The maximum absolute atomic E-state index is 12.3. The predicted molar refractivity (Wildman–Crippen MR) is 80.1 cm³/mol. The van der Waals surface area contributed by atoms with Gasteiger partial charge in [-0.05, 0) is 36.4 Å². The van der Waals surface area contributed by atoms with Crippen LogP contribution >= 0.6 is 15.9 Å². The van der Waals surface area contributed by atoms with Crippen LogP contribution in [0.1, 0.15) is 0 Å². The van der Waals surface area contributed by atoms with Crippen LogP contribution in [0, 0.1) is 0 Å². The first-order chi connectivity index (χ1) is 9.56. The quantitative estimate of drug-likeness (QED) is 0.788. The summed E-state index contributed by atoms with van der Waals surface area (Å²) in [4.78, 5) is 4.28. The molecular weight excluding hydrogens is 342 g/mol. The Labute approximate surface area is 124 Å². The van der Waals surface area contributed by atoms with E-state index in [2.05, 4.69) is 25.6 Å². The summed E-state index contributed by atoms with van der Waals surface area (Å²) >= 11 is 3.27. The van der Waals surface area contributed by atoms with Gasteiger partial charge < -0.3 is 0 Å². The molecule has 7 heteroatoms. The molecule has 2 heterocycles. The molecule has 3 rings (SSSR count). The average Bonchev–Trinajstić information content (AvgIpc) is 2.82. The average molecular weight is 352 g/mol. The normalized spacial score (nSPS) is 11.7. The number of fused-ring (bicyclic) bond motifs is 1. The molecule has 0 aliphatic carbocycles. The standard InChI is InChI=1S/C13H10BrN3O2S/c14-10-4-6-12(7-5-10)20(18,19)16-13-15-9-11-3-1-2-8-17(11)13/h1-9H,(H,15,16). The fraction of sp³-hybridized carbons (Fsp3) is 0. The van der Waals surface area contributed by atoms with Crippen molar-refractivity contribution in [1.29, 1.82) is 0 Å². The minimum Gasteiger partial charge on any atom is -0.285 e. The maximum atomic E-state index is 12.3. The molecule has 0 amide bonds. The summed E-state index contributed by atoms with van der Waals surface area (Å²) in [5, 5.41) is 0. The Morgan fingerprint density at radius 3 is 2.60 bits per heavy atom. The number of nitrogens with one attached hydrogen (secondary N) is 1. The molecule has 0 bridgehead atoms. The van der Waals surface area contributed by atoms with Crippen LogP contribution in [0.4, 0.5) is 5.95 Å². The van der Waals surface area contributed by atoms with Crippen molar-refractivity contribution >= 4 is 37.4 Å². The summed E-state index contributed by atoms with van der Waals surface area (Å²) in [6.07, 6.45) is 3.36. The van der Waals surface area contributed by atoms with Crippen molar-refractivity contribution in [1.82, 2.24) is 9.38 Å². The Hall–Kier alpha value is -1.86. The third kappa shape index (κ3) is 2.41. The molecule has 0 radical (unpaired) electrons. The molecule has 5 nitrogen and oxygen atoms in total. The van der Waals surface area contributed by atoms with Gasteiger partial charge in [0.15, 0.2) is 0 Å². The molecule has 0 spiro atoms. The summed E-state index contributed by atoms with van der Waals surface area (Å²) in [6, 6.07) is 11.9. The fourth-order valence-corrected chi connectivity index (χ4v) is 3.08. The zero-order valence-electron chi connectivity index (χ0n) is 10.2. The van der Waals surface area contributed by atoms with Crippen LogP contribution in [0.25, 0.3) is 5.52 Å². The van der Waals surface area contributed by atoms with Gasteiger partial charge in [-0.15, -0.1) is 0 Å². The minimum atomic E-state index is -3.65. The molecule has 0 unspecified atom stereocenters. The molecule has 0 atom stereocenters. The van der Waals surface area contributed by atoms with Crippen molar-refractivity contribution in [3.05, 3.63) is 59.3 Å². The van der Waals surface area contributed by atoms with Crippen molar-refractivity contribution < 1.29 is 8.42 Å². The highest BCUT2D eigenvalue weighted by Gasteiger charge is 2.16. The van der Waals surface area contributed by atoms with Gasteiger partial charge in [0, 0.05) is 10.7 Å². The molecule has 3 aromatic rings. The van der Waals surface area contributed by atoms with E-state index in [0.29, 0.717) is 0 Å². The molecule has 1 N–H and O–H groups in total. The molecule has 0 aliphatic rings. The smallest absolute Gasteiger partial charge is 0.264 e. The van der Waals surface area contributed by atoms with Crippen molar-refractivity contribution in [3.8, 4) is 0 Å². The molecule has 0 saturated heterocycles. The van der Waals surface area contributed by atoms with E-state index in [1.54, 1.807) is 28.9 Å². The molecule has 0 fully saturated rings. The first-order valence-electron chi connectivity index (χ1n) is 5.77. The van der Waals surface area contributed by atoms with Gasteiger partial charge in [-0.1, -0.05) is 22.0 Å². The van der Waals surface area contributed by atoms with Crippen LogP contribution in [-0.2, 0) is 10.0 Å². The third-order valence-electron chi connectivity index (χ3n) is 2.79. The maximum Gasteiger partial charge on any atom is 0.264 e. The number of halogens is 1. The first-order valence-corrected chi connectivity index (χ1v) is 8.04. The van der Waals surface area contributed by atoms with Gasteiger partial charge in [0.25, 0.3) is 10.0 Å². The Bertz CT molecular complexity index is 857. The summed E-state index contributed by atoms with van der Waals surface area (Å²) in [7, 11) is -3.65. The zero-order chi connectivity index (χ0) is 14.2. The number of nitrogens with zero attached hydrogens (tertiary/aromatic N) is 2. The number of aromatic nitrogens is 2. The molecule has 0 aliphatic heterocycles. The van der Waals surface area contributed by atoms with Gasteiger partial charge in [-0.3, -0.25) is 4.40 Å². The van der Waals surface area contributed by atoms with E-state index in [4.69, 9.17) is 0 Å². The second-order valence-electron chi connectivity index (χ2n) is 4.14. The van der Waals surface area contributed by atoms with E-state index in [-0.39, 0.29) is 10.8 Å². The minimum absolute atomic E-state index is 0.188. The highest BCUT2D eigenvalue weighted by atomic mass is 79.9. The number of hydrogen-bond acceptors (Lipinski definition) is 3. The largest absolute Gasteiger partial charge is 0.285 e. The van der Waals surface area contributed by atoms with E-state index in [1.807, 2.05) is 18.2 Å². The highest BCUT2D eigenvalue weighted by Crippen LogP contribution is 2.18. The van der Waals surface area contributed by atoms with Crippen LogP contribution in [0.15, 0.2) is 64.2 Å². The lowest BCUT2D eigenvalue weighted by Gasteiger charge is -2.07. The number of pyridine rings is 1. The SMILES string of the molecule is O=S(=O)(Nc1ncc2ccccn12)c1ccc(Br)cc1. The zero-order valence-corrected chi connectivity index (χ0v) is 12.6. The molecule has 1 aromatic carbocycles. The highest BCUT2D eigenvalue weighted by molar-refractivity contribution is 9.10. The third-order valence-corrected chi connectivity index (χ3v) is 4.66. The summed E-state index contributed by atoms with van der Waals surface area (Å²) in [5.74, 6) is 0.267. The van der Waals surface area contributed by atoms with Crippen LogP contribution in [0.3, 0.4) is 0 Å². The van der Waals surface area contributed by atoms with Gasteiger partial charge in [-0.2, -0.15) is 0 Å². The van der Waals surface area contributed by atoms with Crippen molar-refractivity contribution in [3.63, 3.8) is 0 Å². The molecule has 2 aromatic heterocycles. The lowest BCUT2D eigenvalue weighted by Crippen LogP contribution is -2.14. The van der Waals surface area contributed by atoms with Crippen molar-refractivity contribution in [2.75, 3.05) is 4.72 Å². The van der Waals surface area contributed by atoms with Crippen molar-refractivity contribution in [2.24, 2.45) is 0 Å². The molecule has 0 saturated carbocycles. The molecule has 102 valence electrons. The first kappa shape index (κ1) is 13.1. The van der Waals surface area contributed by atoms with E-state index in [9.17, 15) is 8.42 Å². The van der Waals surface area contributed by atoms with E-state index >= 15 is 0 Å².